The fourth-order valence-corrected chi connectivity index (χ4v) is 5.10. The summed E-state index contributed by atoms with van der Waals surface area (Å²) in [5.41, 5.74) is 0.403. The molecule has 182 valence electrons. The average molecular weight is 491 g/mol. The standard InChI is InChI=1S/C24H28ClFN4O4/c1-12-28-18-21(33-12)15-9-16(26)20(17(25)19(15)30(22(18)31)14-5-6-14)29-8-7-13(11-29)10-27-23(32)34-24(2,3)4/h9,13-14H,5-8,10-11H2,1-4H3,(H,27,32). The van der Waals surface area contributed by atoms with Crippen LogP contribution >= 0.6 is 11.6 Å². The number of alkyl carbamates (subject to hydrolysis) is 1. The first-order valence-electron chi connectivity index (χ1n) is 11.6. The highest BCUT2D eigenvalue weighted by molar-refractivity contribution is 6.38. The van der Waals surface area contributed by atoms with Gasteiger partial charge in [0.15, 0.2) is 17.0 Å². The maximum Gasteiger partial charge on any atom is 0.407 e. The molecule has 1 amide bonds. The van der Waals surface area contributed by atoms with Gasteiger partial charge in [0, 0.05) is 38.0 Å². The molecule has 2 aromatic heterocycles. The van der Waals surface area contributed by atoms with E-state index in [4.69, 9.17) is 20.8 Å². The molecule has 3 aromatic rings. The van der Waals surface area contributed by atoms with Gasteiger partial charge in [-0.3, -0.25) is 4.79 Å². The van der Waals surface area contributed by atoms with Gasteiger partial charge < -0.3 is 23.9 Å². The first-order chi connectivity index (χ1) is 16.0. The number of nitrogens with zero attached hydrogens (tertiary/aromatic N) is 3. The average Bonchev–Trinajstić information content (AvgIpc) is 3.32. The number of rotatable bonds is 4. The molecule has 5 rings (SSSR count). The summed E-state index contributed by atoms with van der Waals surface area (Å²) < 4.78 is 28.1. The number of anilines is 1. The van der Waals surface area contributed by atoms with E-state index in [0.717, 1.165) is 19.3 Å². The highest BCUT2D eigenvalue weighted by Gasteiger charge is 2.33. The van der Waals surface area contributed by atoms with Crippen molar-refractivity contribution in [3.8, 4) is 0 Å². The third kappa shape index (κ3) is 4.10. The van der Waals surface area contributed by atoms with E-state index in [0.29, 0.717) is 36.4 Å². The number of aryl methyl sites for hydroxylation is 1. The Bertz CT molecular complexity index is 1360. The van der Waals surface area contributed by atoms with Crippen molar-refractivity contribution in [3.63, 3.8) is 0 Å². The zero-order valence-corrected chi connectivity index (χ0v) is 20.5. The number of hydrogen-bond donors (Lipinski definition) is 1. The second-order valence-corrected chi connectivity index (χ2v) is 10.6. The Hall–Kier alpha value is -2.81. The second kappa shape index (κ2) is 8.15. The van der Waals surface area contributed by atoms with Crippen LogP contribution in [0.15, 0.2) is 15.3 Å². The van der Waals surface area contributed by atoms with E-state index in [1.807, 2.05) is 25.7 Å². The number of nitrogens with one attached hydrogen (secondary N) is 1. The number of fused-ring (bicyclic) bond motifs is 3. The number of pyridine rings is 1. The van der Waals surface area contributed by atoms with Gasteiger partial charge in [-0.2, -0.15) is 0 Å². The Morgan fingerprint density at radius 2 is 2.09 bits per heavy atom. The van der Waals surface area contributed by atoms with Crippen molar-refractivity contribution in [2.24, 2.45) is 5.92 Å². The molecule has 34 heavy (non-hydrogen) atoms. The lowest BCUT2D eigenvalue weighted by Crippen LogP contribution is -2.36. The van der Waals surface area contributed by atoms with Crippen molar-refractivity contribution in [1.82, 2.24) is 14.9 Å². The van der Waals surface area contributed by atoms with Gasteiger partial charge in [0.25, 0.3) is 5.56 Å². The molecule has 1 unspecified atom stereocenters. The largest absolute Gasteiger partial charge is 0.444 e. The minimum atomic E-state index is -0.571. The van der Waals surface area contributed by atoms with Crippen LogP contribution in [0.5, 0.6) is 0 Å². The molecule has 1 N–H and O–H groups in total. The topological polar surface area (TPSA) is 89.6 Å². The highest BCUT2D eigenvalue weighted by Crippen LogP contribution is 2.44. The molecule has 0 bridgehead atoms. The minimum Gasteiger partial charge on any atom is -0.444 e. The van der Waals surface area contributed by atoms with Crippen LogP contribution in [0.2, 0.25) is 5.02 Å². The number of aromatic nitrogens is 2. The smallest absolute Gasteiger partial charge is 0.407 e. The van der Waals surface area contributed by atoms with Crippen LogP contribution in [0.1, 0.15) is 52.0 Å². The quantitative estimate of drug-likeness (QED) is 0.557. The maximum absolute atomic E-state index is 15.5. The molecular formula is C24H28ClFN4O4. The Kier molecular flexibility index (Phi) is 5.50. The number of carbonyl (C=O) groups is 1. The fourth-order valence-electron chi connectivity index (χ4n) is 4.69. The number of carbonyl (C=O) groups excluding carboxylic acids is 1. The van der Waals surface area contributed by atoms with Crippen molar-refractivity contribution in [2.75, 3.05) is 24.5 Å². The van der Waals surface area contributed by atoms with Gasteiger partial charge in [-0.05, 0) is 52.0 Å². The van der Waals surface area contributed by atoms with E-state index in [-0.39, 0.29) is 39.3 Å². The van der Waals surface area contributed by atoms with E-state index < -0.39 is 17.5 Å². The molecular weight excluding hydrogens is 463 g/mol. The van der Waals surface area contributed by atoms with Crippen molar-refractivity contribution in [2.45, 2.75) is 58.6 Å². The monoisotopic (exact) mass is 490 g/mol. The number of hydrogen-bond acceptors (Lipinski definition) is 6. The summed E-state index contributed by atoms with van der Waals surface area (Å²) >= 11 is 6.84. The molecule has 1 aromatic carbocycles. The fraction of sp³-hybridized carbons (Fsp3) is 0.542. The predicted molar refractivity (Wildman–Crippen MR) is 128 cm³/mol. The van der Waals surface area contributed by atoms with Gasteiger partial charge in [-0.15, -0.1) is 0 Å². The minimum absolute atomic E-state index is 0.0246. The summed E-state index contributed by atoms with van der Waals surface area (Å²) in [6.07, 6.45) is 2.02. The van der Waals surface area contributed by atoms with Crippen LogP contribution in [-0.2, 0) is 4.74 Å². The SMILES string of the molecule is Cc1nc2c(=O)n(C3CC3)c3c(Cl)c(N4CCC(CNC(=O)OC(C)(C)C)C4)c(F)cc3c2o1. The molecule has 1 saturated carbocycles. The third-order valence-electron chi connectivity index (χ3n) is 6.26. The molecule has 1 atom stereocenters. The van der Waals surface area contributed by atoms with E-state index in [1.54, 1.807) is 11.5 Å². The first-order valence-corrected chi connectivity index (χ1v) is 12.0. The Morgan fingerprint density at radius 3 is 2.76 bits per heavy atom. The van der Waals surface area contributed by atoms with Crippen molar-refractivity contribution < 1.29 is 18.3 Å². The Balaban J connectivity index is 1.48. The van der Waals surface area contributed by atoms with Gasteiger partial charge in [0.2, 0.25) is 0 Å². The molecule has 0 spiro atoms. The van der Waals surface area contributed by atoms with Crippen LogP contribution in [-0.4, -0.2) is 40.9 Å². The van der Waals surface area contributed by atoms with Gasteiger partial charge >= 0.3 is 6.09 Å². The first kappa shape index (κ1) is 23.0. The summed E-state index contributed by atoms with van der Waals surface area (Å²) in [5, 5.41) is 3.45. The maximum atomic E-state index is 15.5. The van der Waals surface area contributed by atoms with E-state index in [1.165, 1.54) is 6.07 Å². The van der Waals surface area contributed by atoms with Crippen molar-refractivity contribution in [1.29, 1.82) is 0 Å². The van der Waals surface area contributed by atoms with Crippen LogP contribution in [0.4, 0.5) is 14.9 Å². The van der Waals surface area contributed by atoms with Crippen LogP contribution in [0.25, 0.3) is 22.0 Å². The van der Waals surface area contributed by atoms with E-state index in [2.05, 4.69) is 10.3 Å². The summed E-state index contributed by atoms with van der Waals surface area (Å²) in [6.45, 7) is 8.61. The highest BCUT2D eigenvalue weighted by atomic mass is 35.5. The molecule has 2 aliphatic rings. The lowest BCUT2D eigenvalue weighted by molar-refractivity contribution is 0.0520. The molecule has 1 saturated heterocycles. The number of oxazole rings is 1. The Labute approximate surface area is 201 Å². The summed E-state index contributed by atoms with van der Waals surface area (Å²) in [5.74, 6) is -0.0132. The van der Waals surface area contributed by atoms with Crippen molar-refractivity contribution in [3.05, 3.63) is 33.2 Å². The second-order valence-electron chi connectivity index (χ2n) is 10.2. The number of amides is 1. The summed E-state index contributed by atoms with van der Waals surface area (Å²) in [7, 11) is 0. The molecule has 0 radical (unpaired) electrons. The van der Waals surface area contributed by atoms with Crippen LogP contribution in [0, 0.1) is 18.7 Å². The lowest BCUT2D eigenvalue weighted by Gasteiger charge is -2.23. The van der Waals surface area contributed by atoms with Crippen molar-refractivity contribution >= 4 is 45.4 Å². The van der Waals surface area contributed by atoms with Crippen LogP contribution in [0.3, 0.4) is 0 Å². The number of benzene rings is 1. The predicted octanol–water partition coefficient (Wildman–Crippen LogP) is 4.93. The normalized spacial score (nSPS) is 18.8. The molecule has 1 aliphatic heterocycles. The van der Waals surface area contributed by atoms with Gasteiger partial charge in [0.05, 0.1) is 16.2 Å². The molecule has 10 heteroatoms. The molecule has 1 aliphatic carbocycles. The van der Waals surface area contributed by atoms with E-state index in [9.17, 15) is 9.59 Å². The van der Waals surface area contributed by atoms with Crippen LogP contribution < -0.4 is 15.8 Å². The molecule has 3 heterocycles. The summed E-state index contributed by atoms with van der Waals surface area (Å²) in [6, 6.07) is 1.42. The zero-order chi connectivity index (χ0) is 24.4. The third-order valence-corrected chi connectivity index (χ3v) is 6.62. The van der Waals surface area contributed by atoms with E-state index >= 15 is 4.39 Å². The van der Waals surface area contributed by atoms with Gasteiger partial charge in [-0.25, -0.2) is 14.2 Å². The summed E-state index contributed by atoms with van der Waals surface area (Å²) in [4.78, 5) is 31.3. The lowest BCUT2D eigenvalue weighted by atomic mass is 10.1. The Morgan fingerprint density at radius 1 is 1.35 bits per heavy atom. The number of halogens is 2. The number of ether oxygens (including phenoxy) is 1. The zero-order valence-electron chi connectivity index (χ0n) is 19.7. The van der Waals surface area contributed by atoms with Gasteiger partial charge in [0.1, 0.15) is 11.4 Å². The molecule has 8 nitrogen and oxygen atoms in total. The molecule has 2 fully saturated rings. The van der Waals surface area contributed by atoms with Gasteiger partial charge in [-0.1, -0.05) is 11.6 Å².